The first kappa shape index (κ1) is 16.2. The van der Waals surface area contributed by atoms with Gasteiger partial charge < -0.3 is 19.9 Å². The maximum absolute atomic E-state index is 12.0. The molecular weight excluding hydrogens is 336 g/mol. The molecule has 116 valence electrons. The Balaban J connectivity index is 1.75. The van der Waals surface area contributed by atoms with Crippen LogP contribution in [-0.4, -0.2) is 68.8 Å². The Morgan fingerprint density at radius 1 is 1.38 bits per heavy atom. The molecule has 1 aliphatic heterocycles. The van der Waals surface area contributed by atoms with E-state index in [0.29, 0.717) is 19.7 Å². The van der Waals surface area contributed by atoms with Gasteiger partial charge in [0, 0.05) is 50.5 Å². The molecule has 1 saturated heterocycles. The van der Waals surface area contributed by atoms with E-state index in [9.17, 15) is 4.79 Å². The van der Waals surface area contributed by atoms with Crippen molar-refractivity contribution in [2.24, 2.45) is 0 Å². The smallest absolute Gasteiger partial charge is 0.236 e. The highest BCUT2D eigenvalue weighted by Gasteiger charge is 2.21. The molecule has 0 bridgehead atoms. The van der Waals surface area contributed by atoms with Crippen LogP contribution < -0.4 is 10.2 Å². The van der Waals surface area contributed by atoms with Gasteiger partial charge in [-0.05, 0) is 28.1 Å². The zero-order chi connectivity index (χ0) is 15.1. The highest BCUT2D eigenvalue weighted by atomic mass is 79.9. The van der Waals surface area contributed by atoms with Crippen LogP contribution in [0.4, 0.5) is 5.82 Å². The Labute approximate surface area is 133 Å². The average Bonchev–Trinajstić information content (AvgIpc) is 2.52. The molecule has 1 N–H and O–H groups in total. The molecule has 0 atom stereocenters. The Bertz CT molecular complexity index is 447. The predicted octanol–water partition coefficient (Wildman–Crippen LogP) is 0.729. The third kappa shape index (κ3) is 4.94. The number of hydrogen-bond donors (Lipinski definition) is 1. The van der Waals surface area contributed by atoms with E-state index in [4.69, 9.17) is 4.74 Å². The van der Waals surface area contributed by atoms with Gasteiger partial charge in [0.05, 0.1) is 13.2 Å². The van der Waals surface area contributed by atoms with Gasteiger partial charge in [0.2, 0.25) is 5.91 Å². The van der Waals surface area contributed by atoms with E-state index >= 15 is 0 Å². The summed E-state index contributed by atoms with van der Waals surface area (Å²) in [5.74, 6) is 1.11. The molecular formula is C14H21BrN4O2. The molecule has 0 unspecified atom stereocenters. The third-order valence-corrected chi connectivity index (χ3v) is 3.90. The van der Waals surface area contributed by atoms with Gasteiger partial charge in [-0.1, -0.05) is 0 Å². The van der Waals surface area contributed by atoms with Gasteiger partial charge in [0.25, 0.3) is 0 Å². The van der Waals surface area contributed by atoms with Crippen molar-refractivity contribution in [1.29, 1.82) is 0 Å². The summed E-state index contributed by atoms with van der Waals surface area (Å²) in [5.41, 5.74) is 0. The highest BCUT2D eigenvalue weighted by Crippen LogP contribution is 2.16. The number of halogens is 1. The zero-order valence-corrected chi connectivity index (χ0v) is 13.8. The molecule has 2 rings (SSSR count). The van der Waals surface area contributed by atoms with Crippen LogP contribution in [-0.2, 0) is 9.53 Å². The molecule has 1 aromatic heterocycles. The number of rotatable bonds is 6. The van der Waals surface area contributed by atoms with Crippen LogP contribution in [0, 0.1) is 0 Å². The van der Waals surface area contributed by atoms with Crippen LogP contribution in [0.1, 0.15) is 0 Å². The molecule has 0 spiro atoms. The summed E-state index contributed by atoms with van der Waals surface area (Å²) >= 11 is 3.38. The number of amides is 1. The quantitative estimate of drug-likeness (QED) is 0.761. The summed E-state index contributed by atoms with van der Waals surface area (Å²) in [6.07, 6.45) is 1.80. The van der Waals surface area contributed by atoms with E-state index in [1.54, 1.807) is 13.3 Å². The molecule has 1 aliphatic rings. The Morgan fingerprint density at radius 2 is 2.14 bits per heavy atom. The summed E-state index contributed by atoms with van der Waals surface area (Å²) in [6.45, 7) is 4.81. The molecule has 1 aromatic rings. The maximum Gasteiger partial charge on any atom is 0.236 e. The molecule has 0 aromatic carbocycles. The molecule has 0 saturated carbocycles. The molecule has 0 aliphatic carbocycles. The number of carbonyl (C=O) groups is 1. The second-order valence-electron chi connectivity index (χ2n) is 4.87. The normalized spacial score (nSPS) is 15.3. The first-order valence-electron chi connectivity index (χ1n) is 7.04. The molecule has 2 heterocycles. The number of piperazine rings is 1. The topological polar surface area (TPSA) is 57.7 Å². The lowest BCUT2D eigenvalue weighted by Gasteiger charge is -2.35. The maximum atomic E-state index is 12.0. The van der Waals surface area contributed by atoms with Gasteiger partial charge in [-0.3, -0.25) is 4.79 Å². The van der Waals surface area contributed by atoms with Crippen molar-refractivity contribution < 1.29 is 9.53 Å². The lowest BCUT2D eigenvalue weighted by atomic mass is 10.3. The molecule has 1 fully saturated rings. The Kier molecular flexibility index (Phi) is 6.41. The summed E-state index contributed by atoms with van der Waals surface area (Å²) in [6, 6.07) is 3.98. The number of nitrogens with one attached hydrogen (secondary N) is 1. The van der Waals surface area contributed by atoms with Gasteiger partial charge in [-0.25, -0.2) is 4.98 Å². The number of hydrogen-bond acceptors (Lipinski definition) is 5. The van der Waals surface area contributed by atoms with Crippen molar-refractivity contribution >= 4 is 27.7 Å². The second kappa shape index (κ2) is 8.31. The van der Waals surface area contributed by atoms with Crippen molar-refractivity contribution in [2.45, 2.75) is 0 Å². The number of anilines is 1. The lowest BCUT2D eigenvalue weighted by molar-refractivity contribution is -0.130. The zero-order valence-electron chi connectivity index (χ0n) is 12.2. The Morgan fingerprint density at radius 3 is 2.76 bits per heavy atom. The van der Waals surface area contributed by atoms with E-state index in [1.807, 2.05) is 17.0 Å². The number of carbonyl (C=O) groups excluding carboxylic acids is 1. The number of pyridine rings is 1. The fourth-order valence-corrected chi connectivity index (χ4v) is 2.46. The fourth-order valence-electron chi connectivity index (χ4n) is 2.22. The van der Waals surface area contributed by atoms with Gasteiger partial charge >= 0.3 is 0 Å². The minimum Gasteiger partial charge on any atom is -0.383 e. The first-order valence-corrected chi connectivity index (χ1v) is 7.84. The van der Waals surface area contributed by atoms with Crippen molar-refractivity contribution in [3.05, 3.63) is 22.8 Å². The number of nitrogens with zero attached hydrogens (tertiary/aromatic N) is 3. The van der Waals surface area contributed by atoms with Crippen LogP contribution in [0.15, 0.2) is 22.8 Å². The molecule has 1 amide bonds. The van der Waals surface area contributed by atoms with E-state index in [-0.39, 0.29) is 5.91 Å². The molecule has 21 heavy (non-hydrogen) atoms. The van der Waals surface area contributed by atoms with Crippen molar-refractivity contribution in [3.8, 4) is 0 Å². The van der Waals surface area contributed by atoms with E-state index < -0.39 is 0 Å². The lowest BCUT2D eigenvalue weighted by Crippen LogP contribution is -2.51. The SMILES string of the molecule is COCCNCC(=O)N1CCN(c2ccc(Br)cn2)CC1. The minimum absolute atomic E-state index is 0.148. The fraction of sp³-hybridized carbons (Fsp3) is 0.571. The van der Waals surface area contributed by atoms with Crippen LogP contribution in [0.25, 0.3) is 0 Å². The van der Waals surface area contributed by atoms with Crippen molar-refractivity contribution in [1.82, 2.24) is 15.2 Å². The third-order valence-electron chi connectivity index (χ3n) is 3.43. The van der Waals surface area contributed by atoms with Crippen LogP contribution in [0.3, 0.4) is 0 Å². The van der Waals surface area contributed by atoms with E-state index in [1.165, 1.54) is 0 Å². The number of aromatic nitrogens is 1. The van der Waals surface area contributed by atoms with E-state index in [0.717, 1.165) is 36.5 Å². The summed E-state index contributed by atoms with van der Waals surface area (Å²) in [4.78, 5) is 20.5. The highest BCUT2D eigenvalue weighted by molar-refractivity contribution is 9.10. The number of ether oxygens (including phenoxy) is 1. The largest absolute Gasteiger partial charge is 0.383 e. The second-order valence-corrected chi connectivity index (χ2v) is 5.79. The summed E-state index contributed by atoms with van der Waals surface area (Å²) in [7, 11) is 1.65. The van der Waals surface area contributed by atoms with Gasteiger partial charge in [-0.15, -0.1) is 0 Å². The van der Waals surface area contributed by atoms with Gasteiger partial charge in [0.15, 0.2) is 0 Å². The van der Waals surface area contributed by atoms with Crippen molar-refractivity contribution in [2.75, 3.05) is 57.9 Å². The van der Waals surface area contributed by atoms with Gasteiger partial charge in [-0.2, -0.15) is 0 Å². The van der Waals surface area contributed by atoms with Crippen LogP contribution in [0.2, 0.25) is 0 Å². The van der Waals surface area contributed by atoms with Gasteiger partial charge in [0.1, 0.15) is 5.82 Å². The summed E-state index contributed by atoms with van der Waals surface area (Å²) < 4.78 is 5.91. The molecule has 7 heteroatoms. The summed E-state index contributed by atoms with van der Waals surface area (Å²) in [5, 5.41) is 3.09. The average molecular weight is 357 g/mol. The monoisotopic (exact) mass is 356 g/mol. The van der Waals surface area contributed by atoms with Crippen LogP contribution in [0.5, 0.6) is 0 Å². The first-order chi connectivity index (χ1) is 10.2. The standard InChI is InChI=1S/C14H21BrN4O2/c1-21-9-4-16-11-14(20)19-7-5-18(6-8-19)13-3-2-12(15)10-17-13/h2-3,10,16H,4-9,11H2,1H3. The van der Waals surface area contributed by atoms with Crippen molar-refractivity contribution in [3.63, 3.8) is 0 Å². The minimum atomic E-state index is 0.148. The van der Waals surface area contributed by atoms with E-state index in [2.05, 4.69) is 31.1 Å². The Hall–Kier alpha value is -1.18. The predicted molar refractivity (Wildman–Crippen MR) is 85.5 cm³/mol. The number of methoxy groups -OCH3 is 1. The molecule has 6 nitrogen and oxygen atoms in total. The van der Waals surface area contributed by atoms with Crippen LogP contribution >= 0.6 is 15.9 Å². The molecule has 0 radical (unpaired) electrons.